The number of amides is 1. The van der Waals surface area contributed by atoms with Gasteiger partial charge in [-0.3, -0.25) is 4.79 Å². The Labute approximate surface area is 115 Å². The van der Waals surface area contributed by atoms with Gasteiger partial charge in [0.2, 0.25) is 5.91 Å². The number of alkyl halides is 1. The fourth-order valence-corrected chi connectivity index (χ4v) is 1.65. The molecule has 19 heavy (non-hydrogen) atoms. The van der Waals surface area contributed by atoms with E-state index in [1.54, 1.807) is 0 Å². The van der Waals surface area contributed by atoms with Crippen LogP contribution in [0.15, 0.2) is 18.2 Å². The molecule has 0 heterocycles. The van der Waals surface area contributed by atoms with E-state index in [2.05, 4.69) is 10.1 Å². The molecule has 1 rings (SSSR count). The number of rotatable bonds is 6. The first-order chi connectivity index (χ1) is 9.08. The minimum atomic E-state index is -0.599. The first kappa shape index (κ1) is 15.4. The monoisotopic (exact) mass is 287 g/mol. The zero-order valence-corrected chi connectivity index (χ0v) is 11.3. The molecule has 0 unspecified atom stereocenters. The summed E-state index contributed by atoms with van der Waals surface area (Å²) >= 11 is 5.50. The number of carbonyl (C=O) groups excluding carboxylic acids is 2. The van der Waals surface area contributed by atoms with Gasteiger partial charge in [0, 0.05) is 12.3 Å². The summed E-state index contributed by atoms with van der Waals surface area (Å²) in [7, 11) is 1.23. The molecule has 0 bridgehead atoms. The third-order valence-electron chi connectivity index (χ3n) is 2.45. The lowest BCUT2D eigenvalue weighted by molar-refractivity contribution is -0.116. The van der Waals surface area contributed by atoms with Gasteiger partial charge in [-0.15, -0.1) is 11.6 Å². The summed E-state index contributed by atoms with van der Waals surface area (Å²) in [6.45, 7) is 0. The molecule has 0 fully saturated rings. The van der Waals surface area contributed by atoms with Crippen molar-refractivity contribution in [2.45, 2.75) is 19.3 Å². The van der Waals surface area contributed by atoms with Crippen LogP contribution in [-0.2, 0) is 9.53 Å². The van der Waals surface area contributed by atoms with Gasteiger partial charge in [-0.1, -0.05) is 0 Å². The number of hydrogen-bond donors (Lipinski definition) is 1. The molecule has 0 atom stereocenters. The molecule has 0 saturated carbocycles. The van der Waals surface area contributed by atoms with E-state index < -0.39 is 11.8 Å². The fourth-order valence-electron chi connectivity index (χ4n) is 1.46. The van der Waals surface area contributed by atoms with E-state index >= 15 is 0 Å². The summed E-state index contributed by atoms with van der Waals surface area (Å²) in [5.41, 5.74) is 0.152. The average molecular weight is 288 g/mol. The van der Waals surface area contributed by atoms with Gasteiger partial charge in [-0.25, -0.2) is 9.18 Å². The lowest BCUT2D eigenvalue weighted by Gasteiger charge is -2.08. The number of methoxy groups -OCH3 is 1. The Morgan fingerprint density at radius 1 is 1.37 bits per heavy atom. The quantitative estimate of drug-likeness (QED) is 0.497. The number of carbonyl (C=O) groups is 2. The van der Waals surface area contributed by atoms with Crippen molar-refractivity contribution in [2.24, 2.45) is 0 Å². The summed E-state index contributed by atoms with van der Waals surface area (Å²) < 4.78 is 18.0. The van der Waals surface area contributed by atoms with E-state index in [4.69, 9.17) is 11.6 Å². The minimum absolute atomic E-state index is 0.0289. The summed E-state index contributed by atoms with van der Waals surface area (Å²) in [5.74, 6) is -1.01. The van der Waals surface area contributed by atoms with E-state index in [1.807, 2.05) is 0 Å². The van der Waals surface area contributed by atoms with E-state index in [1.165, 1.54) is 19.2 Å². The van der Waals surface area contributed by atoms with E-state index in [9.17, 15) is 14.0 Å². The largest absolute Gasteiger partial charge is 0.465 e. The Balaban J connectivity index is 2.71. The van der Waals surface area contributed by atoms with Gasteiger partial charge in [-0.2, -0.15) is 0 Å². The number of unbranched alkanes of at least 4 members (excludes halogenated alkanes) is 1. The van der Waals surface area contributed by atoms with Crippen molar-refractivity contribution >= 4 is 29.2 Å². The number of hydrogen-bond acceptors (Lipinski definition) is 3. The van der Waals surface area contributed by atoms with E-state index in [0.29, 0.717) is 12.3 Å². The third-order valence-corrected chi connectivity index (χ3v) is 2.72. The molecule has 0 aromatic heterocycles. The molecule has 1 N–H and O–H groups in total. The van der Waals surface area contributed by atoms with Crippen LogP contribution in [0, 0.1) is 5.82 Å². The van der Waals surface area contributed by atoms with Crippen molar-refractivity contribution in [3.8, 4) is 0 Å². The predicted octanol–water partition coefficient (Wildman–Crippen LogP) is 2.96. The molecule has 0 aliphatic heterocycles. The summed E-state index contributed by atoms with van der Waals surface area (Å²) in [6.07, 6.45) is 1.61. The number of esters is 1. The molecule has 0 aliphatic rings. The van der Waals surface area contributed by atoms with E-state index in [-0.39, 0.29) is 23.6 Å². The maximum absolute atomic E-state index is 13.5. The maximum atomic E-state index is 13.5. The van der Waals surface area contributed by atoms with Crippen LogP contribution in [0.4, 0.5) is 10.1 Å². The Hall–Kier alpha value is -1.62. The van der Waals surface area contributed by atoms with Crippen LogP contribution in [0.25, 0.3) is 0 Å². The second-order valence-electron chi connectivity index (χ2n) is 3.88. The highest BCUT2D eigenvalue weighted by molar-refractivity contribution is 6.17. The normalized spacial score (nSPS) is 10.1. The van der Waals surface area contributed by atoms with Gasteiger partial charge in [-0.05, 0) is 31.0 Å². The van der Waals surface area contributed by atoms with Crippen molar-refractivity contribution in [1.29, 1.82) is 0 Å². The molecule has 0 radical (unpaired) electrons. The van der Waals surface area contributed by atoms with E-state index in [0.717, 1.165) is 12.5 Å². The molecular weight excluding hydrogens is 273 g/mol. The second kappa shape index (κ2) is 7.74. The molecule has 1 aromatic rings. The zero-order chi connectivity index (χ0) is 14.3. The second-order valence-corrected chi connectivity index (χ2v) is 4.26. The lowest BCUT2D eigenvalue weighted by Crippen LogP contribution is -2.13. The molecule has 4 nitrogen and oxygen atoms in total. The molecule has 6 heteroatoms. The smallest absolute Gasteiger partial charge is 0.337 e. The van der Waals surface area contributed by atoms with Crippen LogP contribution in [0.1, 0.15) is 29.6 Å². The first-order valence-electron chi connectivity index (χ1n) is 5.82. The standard InChI is InChI=1S/C13H15ClFNO3/c1-19-13(18)9-5-6-10(15)11(8-9)16-12(17)4-2-3-7-14/h5-6,8H,2-4,7H2,1H3,(H,16,17). The van der Waals surface area contributed by atoms with Crippen LogP contribution in [-0.4, -0.2) is 24.9 Å². The highest BCUT2D eigenvalue weighted by Crippen LogP contribution is 2.17. The van der Waals surface area contributed by atoms with Gasteiger partial charge in [0.05, 0.1) is 18.4 Å². The minimum Gasteiger partial charge on any atom is -0.465 e. The Bertz CT molecular complexity index is 465. The molecule has 104 valence electrons. The first-order valence-corrected chi connectivity index (χ1v) is 6.35. The van der Waals surface area contributed by atoms with Gasteiger partial charge in [0.1, 0.15) is 5.82 Å². The Morgan fingerprint density at radius 3 is 2.74 bits per heavy atom. The predicted molar refractivity (Wildman–Crippen MR) is 70.9 cm³/mol. The summed E-state index contributed by atoms with van der Waals surface area (Å²) in [4.78, 5) is 22.9. The van der Waals surface area contributed by atoms with Crippen molar-refractivity contribution in [3.63, 3.8) is 0 Å². The number of halogens is 2. The van der Waals surface area contributed by atoms with Crippen molar-refractivity contribution < 1.29 is 18.7 Å². The van der Waals surface area contributed by atoms with Gasteiger partial charge >= 0.3 is 5.97 Å². The number of benzene rings is 1. The molecular formula is C13H15ClFNO3. The number of anilines is 1. The topological polar surface area (TPSA) is 55.4 Å². The van der Waals surface area contributed by atoms with Crippen LogP contribution in [0.2, 0.25) is 0 Å². The highest BCUT2D eigenvalue weighted by atomic mass is 35.5. The van der Waals surface area contributed by atoms with Crippen molar-refractivity contribution in [2.75, 3.05) is 18.3 Å². The van der Waals surface area contributed by atoms with Crippen LogP contribution < -0.4 is 5.32 Å². The maximum Gasteiger partial charge on any atom is 0.337 e. The van der Waals surface area contributed by atoms with Crippen LogP contribution in [0.3, 0.4) is 0 Å². The molecule has 0 spiro atoms. The third kappa shape index (κ3) is 4.87. The van der Waals surface area contributed by atoms with Gasteiger partial charge in [0.15, 0.2) is 0 Å². The van der Waals surface area contributed by atoms with Crippen LogP contribution >= 0.6 is 11.6 Å². The zero-order valence-electron chi connectivity index (χ0n) is 10.5. The van der Waals surface area contributed by atoms with Crippen LogP contribution in [0.5, 0.6) is 0 Å². The highest BCUT2D eigenvalue weighted by Gasteiger charge is 2.11. The van der Waals surface area contributed by atoms with Crippen molar-refractivity contribution in [3.05, 3.63) is 29.6 Å². The lowest BCUT2D eigenvalue weighted by atomic mass is 10.2. The molecule has 0 aliphatic carbocycles. The summed E-state index contributed by atoms with van der Waals surface area (Å²) in [5, 5.41) is 2.42. The van der Waals surface area contributed by atoms with Crippen molar-refractivity contribution in [1.82, 2.24) is 0 Å². The average Bonchev–Trinajstić information content (AvgIpc) is 2.40. The molecule has 1 aromatic carbocycles. The fraction of sp³-hybridized carbons (Fsp3) is 0.385. The number of ether oxygens (including phenoxy) is 1. The van der Waals surface area contributed by atoms with Gasteiger partial charge in [0.25, 0.3) is 0 Å². The van der Waals surface area contributed by atoms with Gasteiger partial charge < -0.3 is 10.1 Å². The Kier molecular flexibility index (Phi) is 6.29. The number of nitrogens with one attached hydrogen (secondary N) is 1. The summed E-state index contributed by atoms with van der Waals surface area (Å²) in [6, 6.07) is 3.66. The molecule has 1 amide bonds. The Morgan fingerprint density at radius 2 is 2.11 bits per heavy atom. The SMILES string of the molecule is COC(=O)c1ccc(F)c(NC(=O)CCCCCl)c1. The molecule has 0 saturated heterocycles.